The van der Waals surface area contributed by atoms with Gasteiger partial charge in [0.25, 0.3) is 0 Å². The number of fused-ring (bicyclic) bond motifs is 1. The van der Waals surface area contributed by atoms with Crippen molar-refractivity contribution in [2.24, 2.45) is 5.92 Å². The van der Waals surface area contributed by atoms with Crippen molar-refractivity contribution in [3.8, 4) is 0 Å². The van der Waals surface area contributed by atoms with Crippen molar-refractivity contribution in [1.82, 2.24) is 10.2 Å². The normalized spacial score (nSPS) is 22.0. The van der Waals surface area contributed by atoms with E-state index in [2.05, 4.69) is 52.7 Å². The van der Waals surface area contributed by atoms with Gasteiger partial charge in [0, 0.05) is 32.2 Å². The van der Waals surface area contributed by atoms with Gasteiger partial charge in [0.2, 0.25) is 0 Å². The Bertz CT molecular complexity index is 592. The SMILES string of the molecule is c1ccc2c([C@H](C3CC3)N3CCNCC3)cccc2c1. The Hall–Kier alpha value is -1.38. The third-order valence-corrected chi connectivity index (χ3v) is 4.76. The lowest BCUT2D eigenvalue weighted by atomic mass is 9.94. The molecule has 0 spiro atoms. The summed E-state index contributed by atoms with van der Waals surface area (Å²) in [6, 6.07) is 16.3. The molecule has 2 heteroatoms. The van der Waals surface area contributed by atoms with Crippen LogP contribution in [-0.4, -0.2) is 31.1 Å². The van der Waals surface area contributed by atoms with Gasteiger partial charge in [0.05, 0.1) is 0 Å². The van der Waals surface area contributed by atoms with Gasteiger partial charge in [-0.3, -0.25) is 4.90 Å². The van der Waals surface area contributed by atoms with Gasteiger partial charge in [0.1, 0.15) is 0 Å². The number of hydrogen-bond acceptors (Lipinski definition) is 2. The molecule has 4 rings (SSSR count). The first-order chi connectivity index (χ1) is 9.93. The van der Waals surface area contributed by atoms with Gasteiger partial charge in [-0.05, 0) is 35.1 Å². The summed E-state index contributed by atoms with van der Waals surface area (Å²) in [6.07, 6.45) is 2.80. The summed E-state index contributed by atoms with van der Waals surface area (Å²) in [5.74, 6) is 0.874. The van der Waals surface area contributed by atoms with E-state index in [0.717, 1.165) is 19.0 Å². The minimum atomic E-state index is 0.628. The summed E-state index contributed by atoms with van der Waals surface area (Å²) < 4.78 is 0. The molecule has 1 aliphatic heterocycles. The summed E-state index contributed by atoms with van der Waals surface area (Å²) >= 11 is 0. The largest absolute Gasteiger partial charge is 0.314 e. The summed E-state index contributed by atoms with van der Waals surface area (Å²) in [7, 11) is 0. The monoisotopic (exact) mass is 266 g/mol. The fraction of sp³-hybridized carbons (Fsp3) is 0.444. The Labute approximate surface area is 120 Å². The van der Waals surface area contributed by atoms with Crippen LogP contribution in [0.15, 0.2) is 42.5 Å². The maximum Gasteiger partial charge on any atom is 0.0383 e. The van der Waals surface area contributed by atoms with Crippen molar-refractivity contribution in [2.75, 3.05) is 26.2 Å². The Kier molecular flexibility index (Phi) is 3.21. The van der Waals surface area contributed by atoms with E-state index in [1.54, 1.807) is 5.56 Å². The van der Waals surface area contributed by atoms with E-state index in [1.165, 1.54) is 36.7 Å². The molecule has 1 saturated heterocycles. The molecule has 1 saturated carbocycles. The zero-order valence-corrected chi connectivity index (χ0v) is 11.9. The third kappa shape index (κ3) is 2.23. The lowest BCUT2D eigenvalue weighted by Crippen LogP contribution is -2.45. The molecule has 1 N–H and O–H groups in total. The summed E-state index contributed by atoms with van der Waals surface area (Å²) in [6.45, 7) is 4.64. The van der Waals surface area contributed by atoms with Crippen molar-refractivity contribution in [3.05, 3.63) is 48.0 Å². The van der Waals surface area contributed by atoms with Crippen LogP contribution in [0.3, 0.4) is 0 Å². The Morgan fingerprint density at radius 2 is 1.70 bits per heavy atom. The average Bonchev–Trinajstić information content (AvgIpc) is 3.34. The van der Waals surface area contributed by atoms with Gasteiger partial charge in [-0.25, -0.2) is 0 Å². The molecule has 2 aromatic rings. The van der Waals surface area contributed by atoms with Crippen molar-refractivity contribution < 1.29 is 0 Å². The predicted molar refractivity (Wildman–Crippen MR) is 83.9 cm³/mol. The molecule has 2 aliphatic rings. The number of nitrogens with zero attached hydrogens (tertiary/aromatic N) is 1. The molecule has 104 valence electrons. The van der Waals surface area contributed by atoms with Crippen LogP contribution < -0.4 is 5.32 Å². The van der Waals surface area contributed by atoms with E-state index in [9.17, 15) is 0 Å². The number of piperazine rings is 1. The Morgan fingerprint density at radius 1 is 0.950 bits per heavy atom. The van der Waals surface area contributed by atoms with E-state index in [4.69, 9.17) is 0 Å². The van der Waals surface area contributed by atoms with Crippen LogP contribution in [0.5, 0.6) is 0 Å². The van der Waals surface area contributed by atoms with Crippen molar-refractivity contribution in [3.63, 3.8) is 0 Å². The first kappa shape index (κ1) is 12.4. The molecule has 0 radical (unpaired) electrons. The highest BCUT2D eigenvalue weighted by molar-refractivity contribution is 5.86. The lowest BCUT2D eigenvalue weighted by molar-refractivity contribution is 0.157. The summed E-state index contributed by atoms with van der Waals surface area (Å²) in [5, 5.41) is 6.31. The minimum Gasteiger partial charge on any atom is -0.314 e. The Morgan fingerprint density at radius 3 is 2.50 bits per heavy atom. The highest BCUT2D eigenvalue weighted by atomic mass is 15.2. The molecular formula is C18H22N2. The maximum absolute atomic E-state index is 3.48. The number of nitrogens with one attached hydrogen (secondary N) is 1. The van der Waals surface area contributed by atoms with Crippen LogP contribution in [0.4, 0.5) is 0 Å². The molecule has 1 aliphatic carbocycles. The second-order valence-corrected chi connectivity index (χ2v) is 6.14. The Balaban J connectivity index is 1.77. The molecule has 1 heterocycles. The second-order valence-electron chi connectivity index (χ2n) is 6.14. The highest BCUT2D eigenvalue weighted by Gasteiger charge is 2.37. The zero-order chi connectivity index (χ0) is 13.4. The molecule has 0 bridgehead atoms. The van der Waals surface area contributed by atoms with Crippen LogP contribution in [-0.2, 0) is 0 Å². The molecule has 2 nitrogen and oxygen atoms in total. The lowest BCUT2D eigenvalue weighted by Gasteiger charge is -2.36. The van der Waals surface area contributed by atoms with Gasteiger partial charge in [0.15, 0.2) is 0 Å². The fourth-order valence-corrected chi connectivity index (χ4v) is 3.63. The van der Waals surface area contributed by atoms with Crippen LogP contribution in [0.25, 0.3) is 10.8 Å². The molecule has 0 unspecified atom stereocenters. The van der Waals surface area contributed by atoms with E-state index in [1.807, 2.05) is 0 Å². The van der Waals surface area contributed by atoms with Gasteiger partial charge in [-0.15, -0.1) is 0 Å². The van der Waals surface area contributed by atoms with Gasteiger partial charge in [-0.2, -0.15) is 0 Å². The zero-order valence-electron chi connectivity index (χ0n) is 11.9. The van der Waals surface area contributed by atoms with Crippen molar-refractivity contribution in [1.29, 1.82) is 0 Å². The maximum atomic E-state index is 3.48. The second kappa shape index (κ2) is 5.19. The predicted octanol–water partition coefficient (Wildman–Crippen LogP) is 3.20. The van der Waals surface area contributed by atoms with E-state index in [0.29, 0.717) is 6.04 Å². The number of benzene rings is 2. The smallest absolute Gasteiger partial charge is 0.0383 e. The molecule has 1 atom stereocenters. The van der Waals surface area contributed by atoms with Crippen LogP contribution in [0.1, 0.15) is 24.4 Å². The third-order valence-electron chi connectivity index (χ3n) is 4.76. The summed E-state index contributed by atoms with van der Waals surface area (Å²) in [4.78, 5) is 2.70. The molecule has 0 amide bonds. The van der Waals surface area contributed by atoms with E-state index < -0.39 is 0 Å². The fourth-order valence-electron chi connectivity index (χ4n) is 3.63. The van der Waals surface area contributed by atoms with Gasteiger partial charge >= 0.3 is 0 Å². The van der Waals surface area contributed by atoms with Gasteiger partial charge in [-0.1, -0.05) is 42.5 Å². The van der Waals surface area contributed by atoms with Crippen molar-refractivity contribution in [2.45, 2.75) is 18.9 Å². The van der Waals surface area contributed by atoms with E-state index >= 15 is 0 Å². The average molecular weight is 266 g/mol. The first-order valence-corrected chi connectivity index (χ1v) is 7.86. The van der Waals surface area contributed by atoms with Crippen LogP contribution in [0.2, 0.25) is 0 Å². The van der Waals surface area contributed by atoms with Crippen LogP contribution in [0, 0.1) is 5.92 Å². The molecular weight excluding hydrogens is 244 g/mol. The number of rotatable bonds is 3. The van der Waals surface area contributed by atoms with E-state index in [-0.39, 0.29) is 0 Å². The molecule has 2 fully saturated rings. The number of hydrogen-bond donors (Lipinski definition) is 1. The molecule has 0 aromatic heterocycles. The summed E-state index contributed by atoms with van der Waals surface area (Å²) in [5.41, 5.74) is 1.55. The minimum absolute atomic E-state index is 0.628. The van der Waals surface area contributed by atoms with Crippen molar-refractivity contribution >= 4 is 10.8 Å². The van der Waals surface area contributed by atoms with Crippen LogP contribution >= 0.6 is 0 Å². The standard InChI is InChI=1S/C18H22N2/c1-2-6-16-14(4-1)5-3-7-17(16)18(15-8-9-15)20-12-10-19-11-13-20/h1-7,15,18-19H,8-13H2/t18-/m0/s1. The first-order valence-electron chi connectivity index (χ1n) is 7.86. The highest BCUT2D eigenvalue weighted by Crippen LogP contribution is 2.46. The quantitative estimate of drug-likeness (QED) is 0.918. The molecule has 20 heavy (non-hydrogen) atoms. The van der Waals surface area contributed by atoms with Gasteiger partial charge < -0.3 is 5.32 Å². The topological polar surface area (TPSA) is 15.3 Å². The molecule has 2 aromatic carbocycles.